The maximum absolute atomic E-state index is 12.8. The van der Waals surface area contributed by atoms with E-state index in [9.17, 15) is 18.4 Å². The Kier molecular flexibility index (Phi) is 8.25. The lowest BCUT2D eigenvalue weighted by Crippen LogP contribution is -2.36. The Bertz CT molecular complexity index is 739. The van der Waals surface area contributed by atoms with Gasteiger partial charge in [0.05, 0.1) is 23.2 Å². The highest BCUT2D eigenvalue weighted by molar-refractivity contribution is 7.92. The third-order valence-corrected chi connectivity index (χ3v) is 10.1. The maximum Gasteiger partial charge on any atom is 0.251 e. The lowest BCUT2D eigenvalue weighted by atomic mass is 9.76. The van der Waals surface area contributed by atoms with E-state index in [4.69, 9.17) is 4.74 Å². The summed E-state index contributed by atoms with van der Waals surface area (Å²) in [5, 5.41) is 9.94. The van der Waals surface area contributed by atoms with Crippen LogP contribution in [0.5, 0.6) is 0 Å². The van der Waals surface area contributed by atoms with Crippen LogP contribution in [-0.2, 0) is 19.4 Å². The summed E-state index contributed by atoms with van der Waals surface area (Å²) in [6, 6.07) is 0. The number of sulfone groups is 1. The topological polar surface area (TPSA) is 83.9 Å². The molecule has 2 heterocycles. The highest BCUT2D eigenvalue weighted by Gasteiger charge is 2.48. The van der Waals surface area contributed by atoms with E-state index in [2.05, 4.69) is 12.2 Å². The zero-order valence-corrected chi connectivity index (χ0v) is 20.3. The van der Waals surface area contributed by atoms with Crippen molar-refractivity contribution in [3.8, 4) is 0 Å². The lowest BCUT2D eigenvalue weighted by Gasteiger charge is -2.28. The van der Waals surface area contributed by atoms with Crippen LogP contribution in [0, 0.1) is 17.3 Å². The number of fused-ring (bicyclic) bond motifs is 2. The minimum absolute atomic E-state index is 0.122. The van der Waals surface area contributed by atoms with Crippen LogP contribution in [0.3, 0.4) is 0 Å². The molecule has 2 aliphatic heterocycles. The molecule has 178 valence electrons. The molecule has 0 aromatic heterocycles. The number of hydrogen-bond donors (Lipinski definition) is 1. The fourth-order valence-electron chi connectivity index (χ4n) is 5.85. The highest BCUT2D eigenvalue weighted by Crippen LogP contribution is 2.47. The molecule has 6 nitrogen and oxygen atoms in total. The number of rotatable bonds is 10. The summed E-state index contributed by atoms with van der Waals surface area (Å²) in [5.74, 6) is 0.763. The van der Waals surface area contributed by atoms with E-state index < -0.39 is 15.3 Å². The van der Waals surface area contributed by atoms with Gasteiger partial charge in [0.15, 0.2) is 9.84 Å². The molecule has 7 heteroatoms. The van der Waals surface area contributed by atoms with Crippen molar-refractivity contribution in [2.24, 2.45) is 17.3 Å². The van der Waals surface area contributed by atoms with E-state index >= 15 is 0 Å². The smallest absolute Gasteiger partial charge is 0.251 e. The Hall–Kier alpha value is -0.920. The molecule has 3 rings (SSSR count). The van der Waals surface area contributed by atoms with Crippen molar-refractivity contribution < 1.29 is 23.2 Å². The first kappa shape index (κ1) is 24.7. The zero-order chi connectivity index (χ0) is 22.6. The van der Waals surface area contributed by atoms with Crippen LogP contribution in [0.15, 0.2) is 12.2 Å². The van der Waals surface area contributed by atoms with Crippen LogP contribution in [0.25, 0.3) is 0 Å². The van der Waals surface area contributed by atoms with Crippen LogP contribution in [0.1, 0.15) is 84.5 Å². The monoisotopic (exact) mass is 455 g/mol. The first-order chi connectivity index (χ1) is 14.6. The Morgan fingerprint density at radius 3 is 2.35 bits per heavy atom. The van der Waals surface area contributed by atoms with Crippen molar-refractivity contribution >= 4 is 15.7 Å². The molecule has 1 saturated carbocycles. The molecule has 2 bridgehead atoms. The van der Waals surface area contributed by atoms with Crippen molar-refractivity contribution in [1.29, 1.82) is 0 Å². The minimum atomic E-state index is -3.00. The van der Waals surface area contributed by atoms with Gasteiger partial charge < -0.3 is 4.74 Å². The molecular weight excluding hydrogens is 414 g/mol. The molecular formula is C24H41NO5S. The van der Waals surface area contributed by atoms with Gasteiger partial charge in [-0.3, -0.25) is 10.0 Å². The van der Waals surface area contributed by atoms with Crippen LogP contribution in [0.2, 0.25) is 0 Å². The molecule has 0 spiro atoms. The summed E-state index contributed by atoms with van der Waals surface area (Å²) in [4.78, 5) is 12.0. The average molecular weight is 456 g/mol. The van der Waals surface area contributed by atoms with Gasteiger partial charge in [-0.05, 0) is 63.2 Å². The van der Waals surface area contributed by atoms with Gasteiger partial charge in [-0.25, -0.2) is 13.5 Å². The van der Waals surface area contributed by atoms with E-state index in [0.29, 0.717) is 29.1 Å². The van der Waals surface area contributed by atoms with E-state index in [-0.39, 0.29) is 23.4 Å². The third-order valence-electron chi connectivity index (χ3n) is 7.77. The molecule has 1 N–H and O–H groups in total. The second kappa shape index (κ2) is 10.3. The van der Waals surface area contributed by atoms with Gasteiger partial charge in [0, 0.05) is 12.5 Å². The molecule has 3 fully saturated rings. The number of carbonyl (C=O) groups excluding carboxylic acids is 1. The second-order valence-electron chi connectivity index (χ2n) is 10.5. The minimum Gasteiger partial charge on any atom is -0.374 e. The normalized spacial score (nSPS) is 29.7. The van der Waals surface area contributed by atoms with Crippen LogP contribution >= 0.6 is 0 Å². The van der Waals surface area contributed by atoms with Crippen LogP contribution < -0.4 is 0 Å². The molecule has 1 amide bonds. The van der Waals surface area contributed by atoms with E-state index in [1.165, 1.54) is 13.5 Å². The lowest BCUT2D eigenvalue weighted by molar-refractivity contribution is -0.169. The van der Waals surface area contributed by atoms with Gasteiger partial charge in [0.1, 0.15) is 0 Å². The molecule has 2 saturated heterocycles. The summed E-state index contributed by atoms with van der Waals surface area (Å²) >= 11 is 0. The quantitative estimate of drug-likeness (QED) is 0.297. The predicted molar refractivity (Wildman–Crippen MR) is 121 cm³/mol. The summed E-state index contributed by atoms with van der Waals surface area (Å²) < 4.78 is 31.9. The van der Waals surface area contributed by atoms with Gasteiger partial charge >= 0.3 is 0 Å². The second-order valence-corrected chi connectivity index (χ2v) is 12.9. The molecule has 0 unspecified atom stereocenters. The average Bonchev–Trinajstić information content (AvgIpc) is 3.34. The van der Waals surface area contributed by atoms with Crippen molar-refractivity contribution in [2.75, 3.05) is 12.8 Å². The van der Waals surface area contributed by atoms with Gasteiger partial charge in [0.25, 0.3) is 5.91 Å². The SMILES string of the molecule is CN(O)C(=O)C(C)(C)CCC=CC[C@H]1[C@@H](CCS(=O)(=O)C2CCCCC2)[C@H]2CC[C@@H]1O2. The van der Waals surface area contributed by atoms with Crippen LogP contribution in [0.4, 0.5) is 0 Å². The van der Waals surface area contributed by atoms with E-state index in [1.54, 1.807) is 0 Å². The van der Waals surface area contributed by atoms with Crippen molar-refractivity contribution in [1.82, 2.24) is 5.06 Å². The first-order valence-electron chi connectivity index (χ1n) is 12.1. The Balaban J connectivity index is 1.49. The molecule has 4 atom stereocenters. The van der Waals surface area contributed by atoms with Gasteiger partial charge in [-0.2, -0.15) is 0 Å². The predicted octanol–water partition coefficient (Wildman–Crippen LogP) is 4.52. The fraction of sp³-hybridized carbons (Fsp3) is 0.875. The number of carbonyl (C=O) groups is 1. The van der Waals surface area contributed by atoms with Crippen molar-refractivity contribution in [2.45, 2.75) is 102 Å². The highest BCUT2D eigenvalue weighted by atomic mass is 32.2. The molecule has 0 aromatic rings. The third kappa shape index (κ3) is 6.11. The fourth-order valence-corrected chi connectivity index (χ4v) is 7.83. The van der Waals surface area contributed by atoms with Crippen molar-refractivity contribution in [3.63, 3.8) is 0 Å². The maximum atomic E-state index is 12.8. The molecule has 31 heavy (non-hydrogen) atoms. The molecule has 3 aliphatic rings. The number of amides is 1. The van der Waals surface area contributed by atoms with E-state index in [0.717, 1.165) is 57.8 Å². The Morgan fingerprint density at radius 2 is 1.71 bits per heavy atom. The molecule has 0 aromatic carbocycles. The van der Waals surface area contributed by atoms with Crippen molar-refractivity contribution in [3.05, 3.63) is 12.2 Å². The summed E-state index contributed by atoms with van der Waals surface area (Å²) in [7, 11) is -1.64. The number of nitrogens with zero attached hydrogens (tertiary/aromatic N) is 1. The summed E-state index contributed by atoms with van der Waals surface area (Å²) in [6.07, 6.45) is 14.9. The number of ether oxygens (including phenoxy) is 1. The Morgan fingerprint density at radius 1 is 1.06 bits per heavy atom. The van der Waals surface area contributed by atoms with Gasteiger partial charge in [-0.15, -0.1) is 0 Å². The van der Waals surface area contributed by atoms with Crippen LogP contribution in [-0.4, -0.2) is 54.9 Å². The largest absolute Gasteiger partial charge is 0.374 e. The summed E-state index contributed by atoms with van der Waals surface area (Å²) in [6.45, 7) is 3.70. The number of hydroxylamine groups is 2. The van der Waals surface area contributed by atoms with Gasteiger partial charge in [-0.1, -0.05) is 45.3 Å². The molecule has 0 radical (unpaired) electrons. The number of allylic oxidation sites excluding steroid dienone is 2. The van der Waals surface area contributed by atoms with Gasteiger partial charge in [0.2, 0.25) is 0 Å². The Labute approximate surface area is 188 Å². The number of hydrogen-bond acceptors (Lipinski definition) is 5. The first-order valence-corrected chi connectivity index (χ1v) is 13.8. The van der Waals surface area contributed by atoms with E-state index in [1.807, 2.05) is 13.8 Å². The zero-order valence-electron chi connectivity index (χ0n) is 19.5. The summed E-state index contributed by atoms with van der Waals surface area (Å²) in [5.41, 5.74) is -0.598. The molecule has 1 aliphatic carbocycles. The standard InChI is InChI=1S/C24H41NO5S/c1-24(2,23(26)25(3)27)16-9-5-8-12-19-20(22-14-13-21(19)30-22)15-17-31(28,29)18-10-6-4-7-11-18/h5,8,18-22,27H,4,6-7,9-17H2,1-3H3/t19-,20+,21-,22+/m0/s1.